The number of hydrogen-bond acceptors (Lipinski definition) is 4. The molecule has 0 aromatic heterocycles. The number of nitrogens with one attached hydrogen (secondary N) is 1. The van der Waals surface area contributed by atoms with Gasteiger partial charge in [-0.2, -0.15) is 0 Å². The summed E-state index contributed by atoms with van der Waals surface area (Å²) in [4.78, 5) is 24.6. The van der Waals surface area contributed by atoms with E-state index in [-0.39, 0.29) is 17.6 Å². The van der Waals surface area contributed by atoms with Crippen molar-refractivity contribution < 1.29 is 9.72 Å². The molecule has 0 unspecified atom stereocenters. The Kier molecular flexibility index (Phi) is 5.49. The van der Waals surface area contributed by atoms with Crippen molar-refractivity contribution in [1.82, 2.24) is 4.90 Å². The molecule has 110 valence electrons. The molecule has 0 atom stereocenters. The lowest BCUT2D eigenvalue weighted by Gasteiger charge is -2.25. The van der Waals surface area contributed by atoms with Crippen LogP contribution < -0.4 is 5.32 Å². The highest BCUT2D eigenvalue weighted by Gasteiger charge is 2.21. The molecular formula is C14H21N3O3. The average Bonchev–Trinajstić information content (AvgIpc) is 2.39. The summed E-state index contributed by atoms with van der Waals surface area (Å²) in [6.07, 6.45) is 0. The molecule has 6 heteroatoms. The second kappa shape index (κ2) is 6.88. The van der Waals surface area contributed by atoms with Crippen LogP contribution in [0.5, 0.6) is 0 Å². The van der Waals surface area contributed by atoms with Gasteiger partial charge in [-0.3, -0.25) is 14.9 Å². The fourth-order valence-corrected chi connectivity index (χ4v) is 2.06. The van der Waals surface area contributed by atoms with E-state index in [1.807, 2.05) is 27.7 Å². The monoisotopic (exact) mass is 279 g/mol. The summed E-state index contributed by atoms with van der Waals surface area (Å²) >= 11 is 0. The van der Waals surface area contributed by atoms with E-state index in [0.29, 0.717) is 24.3 Å². The molecule has 0 bridgehead atoms. The highest BCUT2D eigenvalue weighted by molar-refractivity contribution is 5.96. The summed E-state index contributed by atoms with van der Waals surface area (Å²) in [5, 5.41) is 14.0. The van der Waals surface area contributed by atoms with Gasteiger partial charge < -0.3 is 10.2 Å². The third-order valence-corrected chi connectivity index (χ3v) is 3.03. The smallest absolute Gasteiger partial charge is 0.293 e. The maximum atomic E-state index is 12.3. The highest BCUT2D eigenvalue weighted by Crippen LogP contribution is 2.26. The molecule has 0 fully saturated rings. The van der Waals surface area contributed by atoms with Crippen molar-refractivity contribution in [2.45, 2.75) is 33.7 Å². The van der Waals surface area contributed by atoms with Crippen LogP contribution in [0, 0.1) is 10.1 Å². The van der Waals surface area contributed by atoms with Crippen LogP contribution in [-0.2, 0) is 0 Å². The molecule has 0 heterocycles. The van der Waals surface area contributed by atoms with Gasteiger partial charge in [0.05, 0.1) is 4.92 Å². The predicted molar refractivity (Wildman–Crippen MR) is 79.1 cm³/mol. The number of carbonyl (C=O) groups excluding carboxylic acids is 1. The van der Waals surface area contributed by atoms with E-state index in [9.17, 15) is 14.9 Å². The molecular weight excluding hydrogens is 258 g/mol. The summed E-state index contributed by atoms with van der Waals surface area (Å²) in [5.74, 6) is -0.186. The van der Waals surface area contributed by atoms with Crippen molar-refractivity contribution in [3.63, 3.8) is 0 Å². The Morgan fingerprint density at radius 1 is 1.40 bits per heavy atom. The van der Waals surface area contributed by atoms with Crippen LogP contribution in [0.15, 0.2) is 18.2 Å². The molecule has 6 nitrogen and oxygen atoms in total. The van der Waals surface area contributed by atoms with Crippen LogP contribution in [-0.4, -0.2) is 34.9 Å². The lowest BCUT2D eigenvalue weighted by Crippen LogP contribution is -2.36. The van der Waals surface area contributed by atoms with Crippen LogP contribution in [0.25, 0.3) is 0 Å². The number of nitro benzene ring substituents is 1. The molecule has 0 saturated carbocycles. The molecule has 0 aliphatic rings. The van der Waals surface area contributed by atoms with Crippen molar-refractivity contribution in [2.24, 2.45) is 0 Å². The number of hydrogen-bond donors (Lipinski definition) is 1. The van der Waals surface area contributed by atoms with Crippen molar-refractivity contribution in [3.8, 4) is 0 Å². The Balaban J connectivity index is 3.17. The number of benzene rings is 1. The minimum absolute atomic E-state index is 0.0556. The molecule has 0 radical (unpaired) electrons. The number of anilines is 1. The summed E-state index contributed by atoms with van der Waals surface area (Å²) in [7, 11) is 0. The Hall–Kier alpha value is -2.11. The van der Waals surface area contributed by atoms with Gasteiger partial charge in [-0.05, 0) is 39.8 Å². The van der Waals surface area contributed by atoms with Crippen molar-refractivity contribution in [2.75, 3.05) is 18.4 Å². The van der Waals surface area contributed by atoms with Crippen molar-refractivity contribution in [3.05, 3.63) is 33.9 Å². The summed E-state index contributed by atoms with van der Waals surface area (Å²) in [6.45, 7) is 8.74. The summed E-state index contributed by atoms with van der Waals surface area (Å²) in [6, 6.07) is 4.60. The highest BCUT2D eigenvalue weighted by atomic mass is 16.6. The van der Waals surface area contributed by atoms with Crippen LogP contribution in [0.1, 0.15) is 38.1 Å². The van der Waals surface area contributed by atoms with Crippen LogP contribution >= 0.6 is 0 Å². The molecule has 1 amide bonds. The van der Waals surface area contributed by atoms with E-state index in [2.05, 4.69) is 5.32 Å². The van der Waals surface area contributed by atoms with Crippen molar-refractivity contribution >= 4 is 17.3 Å². The van der Waals surface area contributed by atoms with Crippen molar-refractivity contribution in [1.29, 1.82) is 0 Å². The fourth-order valence-electron chi connectivity index (χ4n) is 2.06. The number of rotatable bonds is 6. The molecule has 20 heavy (non-hydrogen) atoms. The lowest BCUT2D eigenvalue weighted by atomic mass is 10.1. The SMILES string of the molecule is CCNc1ccc(C(=O)N(CC)C(C)C)cc1[N+](=O)[O-]. The maximum Gasteiger partial charge on any atom is 0.293 e. The van der Waals surface area contributed by atoms with Gasteiger partial charge in [0.25, 0.3) is 11.6 Å². The zero-order chi connectivity index (χ0) is 15.3. The maximum absolute atomic E-state index is 12.3. The van der Waals surface area contributed by atoms with Gasteiger partial charge in [-0.1, -0.05) is 0 Å². The fraction of sp³-hybridized carbons (Fsp3) is 0.500. The van der Waals surface area contributed by atoms with Gasteiger partial charge in [0.15, 0.2) is 0 Å². The minimum atomic E-state index is -0.472. The van der Waals surface area contributed by atoms with E-state index in [1.54, 1.807) is 17.0 Å². The number of nitrogens with zero attached hydrogens (tertiary/aromatic N) is 2. The normalized spacial score (nSPS) is 10.4. The first kappa shape index (κ1) is 15.9. The van der Waals surface area contributed by atoms with E-state index in [1.165, 1.54) is 6.07 Å². The van der Waals surface area contributed by atoms with E-state index < -0.39 is 4.92 Å². The van der Waals surface area contributed by atoms with Crippen LogP contribution in [0.2, 0.25) is 0 Å². The van der Waals surface area contributed by atoms with Crippen LogP contribution in [0.3, 0.4) is 0 Å². The lowest BCUT2D eigenvalue weighted by molar-refractivity contribution is -0.384. The molecule has 0 spiro atoms. The topological polar surface area (TPSA) is 75.5 Å². The minimum Gasteiger partial charge on any atom is -0.380 e. The average molecular weight is 279 g/mol. The predicted octanol–water partition coefficient (Wildman–Crippen LogP) is 2.90. The molecule has 1 aromatic rings. The second-order valence-electron chi connectivity index (χ2n) is 4.70. The molecule has 0 aliphatic heterocycles. The number of nitro groups is 1. The standard InChI is InChI=1S/C14H21N3O3/c1-5-15-12-8-7-11(9-13(12)17(19)20)14(18)16(6-2)10(3)4/h7-10,15H,5-6H2,1-4H3. The summed E-state index contributed by atoms with van der Waals surface area (Å²) in [5.41, 5.74) is 0.702. The van der Waals surface area contributed by atoms with Crippen LogP contribution in [0.4, 0.5) is 11.4 Å². The quantitative estimate of drug-likeness (QED) is 0.641. The van der Waals surface area contributed by atoms with Gasteiger partial charge >= 0.3 is 0 Å². The third-order valence-electron chi connectivity index (χ3n) is 3.03. The Labute approximate surface area is 118 Å². The largest absolute Gasteiger partial charge is 0.380 e. The molecule has 1 aromatic carbocycles. The molecule has 1 rings (SSSR count). The Morgan fingerprint density at radius 3 is 2.50 bits per heavy atom. The first-order valence-corrected chi connectivity index (χ1v) is 6.75. The second-order valence-corrected chi connectivity index (χ2v) is 4.70. The number of carbonyl (C=O) groups is 1. The molecule has 0 aliphatic carbocycles. The van der Waals surface area contributed by atoms with Gasteiger partial charge in [-0.15, -0.1) is 0 Å². The van der Waals surface area contributed by atoms with E-state index >= 15 is 0 Å². The molecule has 0 saturated heterocycles. The molecule has 1 N–H and O–H groups in total. The third kappa shape index (κ3) is 3.46. The first-order chi connectivity index (χ1) is 9.42. The zero-order valence-corrected chi connectivity index (χ0v) is 12.3. The van der Waals surface area contributed by atoms with Gasteiger partial charge in [0, 0.05) is 30.8 Å². The van der Waals surface area contributed by atoms with Gasteiger partial charge in [0.1, 0.15) is 5.69 Å². The summed E-state index contributed by atoms with van der Waals surface area (Å²) < 4.78 is 0. The van der Waals surface area contributed by atoms with E-state index in [4.69, 9.17) is 0 Å². The van der Waals surface area contributed by atoms with E-state index in [0.717, 1.165) is 0 Å². The first-order valence-electron chi connectivity index (χ1n) is 6.75. The Bertz CT molecular complexity index is 500. The zero-order valence-electron chi connectivity index (χ0n) is 12.3. The van der Waals surface area contributed by atoms with Gasteiger partial charge in [-0.25, -0.2) is 0 Å². The number of amides is 1. The Morgan fingerprint density at radius 2 is 2.05 bits per heavy atom. The van der Waals surface area contributed by atoms with Gasteiger partial charge in [0.2, 0.25) is 0 Å².